The minimum absolute atomic E-state index is 0.0734. The van der Waals surface area contributed by atoms with Crippen LogP contribution < -0.4 is 22.1 Å². The average Bonchev–Trinajstić information content (AvgIpc) is 3.27. The van der Waals surface area contributed by atoms with Gasteiger partial charge < -0.3 is 31.9 Å². The van der Waals surface area contributed by atoms with Crippen molar-refractivity contribution in [2.75, 3.05) is 13.2 Å². The Balaban J connectivity index is 1.40. The number of fused-ring (bicyclic) bond motifs is 3. The Bertz CT molecular complexity index is 1180. The molecule has 1 fully saturated rings. The van der Waals surface area contributed by atoms with Crippen LogP contribution in [0.3, 0.4) is 0 Å². The fraction of sp³-hybridized carbons (Fsp3) is 0.467. The highest BCUT2D eigenvalue weighted by atomic mass is 16.5. The van der Waals surface area contributed by atoms with E-state index in [4.69, 9.17) is 16.2 Å². The largest absolute Gasteiger partial charge is 0.480 e. The number of hydrogen-bond donors (Lipinski definition) is 5. The van der Waals surface area contributed by atoms with Crippen molar-refractivity contribution in [3.63, 3.8) is 0 Å². The van der Waals surface area contributed by atoms with E-state index in [2.05, 4.69) is 27.8 Å². The summed E-state index contributed by atoms with van der Waals surface area (Å²) in [5, 5.41) is 15.0. The van der Waals surface area contributed by atoms with Crippen LogP contribution in [0.25, 0.3) is 11.1 Å². The second-order valence-electron chi connectivity index (χ2n) is 10.6. The highest BCUT2D eigenvalue weighted by molar-refractivity contribution is 5.89. The van der Waals surface area contributed by atoms with Gasteiger partial charge >= 0.3 is 12.1 Å². The van der Waals surface area contributed by atoms with Crippen LogP contribution >= 0.6 is 0 Å². The van der Waals surface area contributed by atoms with Crippen LogP contribution in [0.5, 0.6) is 0 Å². The van der Waals surface area contributed by atoms with E-state index in [1.807, 2.05) is 36.4 Å². The van der Waals surface area contributed by atoms with Crippen molar-refractivity contribution in [2.24, 2.45) is 22.4 Å². The molecule has 2 aliphatic rings. The van der Waals surface area contributed by atoms with Crippen LogP contribution in [0.4, 0.5) is 4.79 Å². The lowest BCUT2D eigenvalue weighted by Gasteiger charge is -2.27. The van der Waals surface area contributed by atoms with Crippen molar-refractivity contribution in [2.45, 2.75) is 69.4 Å². The Morgan fingerprint density at radius 3 is 2.15 bits per heavy atom. The number of carboxylic acids is 1. The molecule has 2 aromatic rings. The minimum atomic E-state index is -1.16. The molecule has 10 nitrogen and oxygen atoms in total. The van der Waals surface area contributed by atoms with E-state index in [1.54, 1.807) is 0 Å². The normalized spacial score (nSPS) is 16.2. The zero-order valence-electron chi connectivity index (χ0n) is 22.7. The van der Waals surface area contributed by atoms with Gasteiger partial charge in [0.15, 0.2) is 5.96 Å². The monoisotopic (exact) mass is 549 g/mol. The number of nitrogens with two attached hydrogens (primary N) is 2. The third-order valence-electron chi connectivity index (χ3n) is 7.81. The van der Waals surface area contributed by atoms with E-state index in [0.29, 0.717) is 12.8 Å². The molecule has 10 heteroatoms. The maximum absolute atomic E-state index is 13.3. The molecule has 0 heterocycles. The molecular weight excluding hydrogens is 510 g/mol. The van der Waals surface area contributed by atoms with Crippen LogP contribution in [0, 0.1) is 5.92 Å². The number of nitrogens with one attached hydrogen (secondary N) is 2. The van der Waals surface area contributed by atoms with Crippen LogP contribution in [0.1, 0.15) is 68.4 Å². The molecule has 0 aromatic heterocycles. The lowest BCUT2D eigenvalue weighted by atomic mass is 9.84. The number of carboxylic acid groups (broad SMARTS) is 1. The second-order valence-corrected chi connectivity index (χ2v) is 10.6. The number of amides is 2. The van der Waals surface area contributed by atoms with Gasteiger partial charge in [-0.1, -0.05) is 80.6 Å². The summed E-state index contributed by atoms with van der Waals surface area (Å²) < 4.78 is 5.68. The molecule has 214 valence electrons. The summed E-state index contributed by atoms with van der Waals surface area (Å²) in [5.41, 5.74) is 15.1. The van der Waals surface area contributed by atoms with Gasteiger partial charge in [0.25, 0.3) is 0 Å². The van der Waals surface area contributed by atoms with Gasteiger partial charge in [-0.25, -0.2) is 9.59 Å². The summed E-state index contributed by atoms with van der Waals surface area (Å²) in [6.07, 6.45) is 5.51. The van der Waals surface area contributed by atoms with E-state index >= 15 is 0 Å². The molecule has 0 radical (unpaired) electrons. The Morgan fingerprint density at radius 2 is 1.55 bits per heavy atom. The summed E-state index contributed by atoms with van der Waals surface area (Å²) in [4.78, 5) is 42.0. The maximum atomic E-state index is 13.3. The standard InChI is InChI=1S/C30H39N5O5/c31-29(32)33-16-8-15-25(28(37)38)34-27(36)26(17-19-9-2-1-3-10-19)35-30(39)40-18-24-22-13-6-4-11-20(22)21-12-5-7-14-23(21)24/h4-7,11-14,19,24-26H,1-3,8-10,15-18H2,(H,34,36)(H,35,39)(H,37,38)(H4,31,32,33)/t25-,26-/m0/s1. The molecular formula is C30H39N5O5. The van der Waals surface area contributed by atoms with Crippen molar-refractivity contribution in [1.82, 2.24) is 10.6 Å². The molecule has 2 aromatic carbocycles. The second kappa shape index (κ2) is 13.8. The fourth-order valence-corrected chi connectivity index (χ4v) is 5.80. The predicted octanol–water partition coefficient (Wildman–Crippen LogP) is 3.49. The molecule has 2 aliphatic carbocycles. The molecule has 4 rings (SSSR count). The molecule has 0 saturated heterocycles. The number of ether oxygens (including phenoxy) is 1. The van der Waals surface area contributed by atoms with Gasteiger partial charge in [-0.15, -0.1) is 0 Å². The Morgan fingerprint density at radius 1 is 0.925 bits per heavy atom. The topological polar surface area (TPSA) is 169 Å². The van der Waals surface area contributed by atoms with Gasteiger partial charge in [0.2, 0.25) is 5.91 Å². The first-order valence-electron chi connectivity index (χ1n) is 14.0. The van der Waals surface area contributed by atoms with Crippen molar-refractivity contribution in [3.8, 4) is 11.1 Å². The summed E-state index contributed by atoms with van der Waals surface area (Å²) >= 11 is 0. The number of carbonyl (C=O) groups excluding carboxylic acids is 2. The molecule has 0 spiro atoms. The molecule has 40 heavy (non-hydrogen) atoms. The first-order valence-corrected chi connectivity index (χ1v) is 14.0. The van der Waals surface area contributed by atoms with E-state index in [1.165, 1.54) is 0 Å². The van der Waals surface area contributed by atoms with Crippen LogP contribution in [-0.2, 0) is 14.3 Å². The number of hydrogen-bond acceptors (Lipinski definition) is 5. The number of benzene rings is 2. The molecule has 1 saturated carbocycles. The number of nitrogens with zero attached hydrogens (tertiary/aromatic N) is 1. The minimum Gasteiger partial charge on any atom is -0.480 e. The van der Waals surface area contributed by atoms with Gasteiger partial charge in [-0.3, -0.25) is 9.79 Å². The number of alkyl carbamates (subject to hydrolysis) is 1. The number of guanidine groups is 1. The summed E-state index contributed by atoms with van der Waals surface area (Å²) in [6, 6.07) is 14.1. The zero-order valence-corrected chi connectivity index (χ0v) is 22.7. The third kappa shape index (κ3) is 7.52. The maximum Gasteiger partial charge on any atom is 0.407 e. The van der Waals surface area contributed by atoms with Crippen molar-refractivity contribution in [3.05, 3.63) is 59.7 Å². The van der Waals surface area contributed by atoms with Crippen LogP contribution in [0.15, 0.2) is 53.5 Å². The van der Waals surface area contributed by atoms with Crippen LogP contribution in [0.2, 0.25) is 0 Å². The van der Waals surface area contributed by atoms with E-state index in [0.717, 1.165) is 54.4 Å². The summed E-state index contributed by atoms with van der Waals surface area (Å²) in [7, 11) is 0. The van der Waals surface area contributed by atoms with Gasteiger partial charge in [0.05, 0.1) is 0 Å². The van der Waals surface area contributed by atoms with E-state index in [-0.39, 0.29) is 37.4 Å². The molecule has 2 atom stereocenters. The van der Waals surface area contributed by atoms with E-state index in [9.17, 15) is 19.5 Å². The highest BCUT2D eigenvalue weighted by Gasteiger charge is 2.32. The average molecular weight is 550 g/mol. The molecule has 0 bridgehead atoms. The van der Waals surface area contributed by atoms with E-state index < -0.39 is 30.1 Å². The van der Waals surface area contributed by atoms with Gasteiger partial charge in [-0.05, 0) is 47.4 Å². The zero-order chi connectivity index (χ0) is 28.5. The summed E-state index contributed by atoms with van der Waals surface area (Å²) in [5.74, 6) is -1.60. The molecule has 0 aliphatic heterocycles. The smallest absolute Gasteiger partial charge is 0.407 e. The molecule has 7 N–H and O–H groups in total. The van der Waals surface area contributed by atoms with Gasteiger partial charge in [-0.2, -0.15) is 0 Å². The van der Waals surface area contributed by atoms with Crippen molar-refractivity contribution < 1.29 is 24.2 Å². The van der Waals surface area contributed by atoms with Crippen molar-refractivity contribution >= 4 is 23.9 Å². The lowest BCUT2D eigenvalue weighted by Crippen LogP contribution is -2.52. The first-order chi connectivity index (χ1) is 19.3. The molecule has 2 amide bonds. The Labute approximate surface area is 234 Å². The highest BCUT2D eigenvalue weighted by Crippen LogP contribution is 2.44. The number of rotatable bonds is 12. The predicted molar refractivity (Wildman–Crippen MR) is 153 cm³/mol. The molecule has 0 unspecified atom stereocenters. The Kier molecular flexibility index (Phi) is 9.99. The van der Waals surface area contributed by atoms with Gasteiger partial charge in [0.1, 0.15) is 18.7 Å². The SMILES string of the molecule is NC(N)=NCCC[C@H](NC(=O)[C@H](CC1CCCCC1)NC(=O)OCC1c2ccccc2-c2ccccc21)C(=O)O. The lowest BCUT2D eigenvalue weighted by molar-refractivity contribution is -0.142. The summed E-state index contributed by atoms with van der Waals surface area (Å²) in [6.45, 7) is 0.381. The first kappa shape index (κ1) is 28.9. The number of carbonyl (C=O) groups is 3. The van der Waals surface area contributed by atoms with Crippen LogP contribution in [-0.4, -0.2) is 54.3 Å². The quantitative estimate of drug-likeness (QED) is 0.153. The number of aliphatic imine (C=N–C) groups is 1. The fourth-order valence-electron chi connectivity index (χ4n) is 5.80. The third-order valence-corrected chi connectivity index (χ3v) is 7.81. The Hall–Kier alpha value is -4.08. The van der Waals surface area contributed by atoms with Crippen molar-refractivity contribution in [1.29, 1.82) is 0 Å². The van der Waals surface area contributed by atoms with Gasteiger partial charge in [0, 0.05) is 12.5 Å². The number of aliphatic carboxylic acids is 1.